The number of nitrogens with one attached hydrogen (secondary N) is 2. The fourth-order valence-electron chi connectivity index (χ4n) is 1.66. The third-order valence-electron chi connectivity index (χ3n) is 2.65. The van der Waals surface area contributed by atoms with Crippen LogP contribution in [0, 0.1) is 5.92 Å². The van der Waals surface area contributed by atoms with Crippen LogP contribution in [0.1, 0.15) is 37.6 Å². The lowest BCUT2D eigenvalue weighted by atomic mass is 10.2. The summed E-state index contributed by atoms with van der Waals surface area (Å²) in [4.78, 5) is 16.1. The Morgan fingerprint density at radius 2 is 2.24 bits per heavy atom. The molecule has 5 nitrogen and oxygen atoms in total. The van der Waals surface area contributed by atoms with E-state index >= 15 is 0 Å². The fourth-order valence-corrected chi connectivity index (χ4v) is 1.89. The largest absolute Gasteiger partial charge is 0.381 e. The molecule has 1 amide bonds. The summed E-state index contributed by atoms with van der Waals surface area (Å²) in [7, 11) is 0. The van der Waals surface area contributed by atoms with E-state index in [1.807, 2.05) is 6.92 Å². The molecular formula is C15H24ClN3O2. The topological polar surface area (TPSA) is 63.2 Å². The molecule has 1 rings (SSSR count). The summed E-state index contributed by atoms with van der Waals surface area (Å²) < 4.78 is 5.45. The first-order valence-electron chi connectivity index (χ1n) is 7.30. The van der Waals surface area contributed by atoms with E-state index in [9.17, 15) is 4.79 Å². The zero-order valence-electron chi connectivity index (χ0n) is 12.9. The van der Waals surface area contributed by atoms with Gasteiger partial charge in [0, 0.05) is 32.5 Å². The van der Waals surface area contributed by atoms with Crippen molar-refractivity contribution in [3.8, 4) is 0 Å². The number of aromatic nitrogens is 1. The van der Waals surface area contributed by atoms with Crippen LogP contribution in [0.3, 0.4) is 0 Å². The molecule has 0 saturated heterocycles. The predicted molar refractivity (Wildman–Crippen MR) is 86.0 cm³/mol. The van der Waals surface area contributed by atoms with Gasteiger partial charge in [-0.25, -0.2) is 4.98 Å². The second kappa shape index (κ2) is 9.58. The molecule has 1 aromatic heterocycles. The standard InChI is InChI=1S/C15H24ClN3O2/c1-4-17-14-13(16)8-12(9-19-14)15(20)18-6-5-7-21-10-11(2)3/h8-9,11H,4-7,10H2,1-3H3,(H,17,19)(H,18,20). The first kappa shape index (κ1) is 17.7. The number of pyridine rings is 1. The Balaban J connectivity index is 2.33. The van der Waals surface area contributed by atoms with Crippen LogP contribution in [0.25, 0.3) is 0 Å². The number of ether oxygens (including phenoxy) is 1. The van der Waals surface area contributed by atoms with Gasteiger partial charge in [0.25, 0.3) is 5.91 Å². The van der Waals surface area contributed by atoms with Crippen molar-refractivity contribution in [2.45, 2.75) is 27.2 Å². The van der Waals surface area contributed by atoms with Gasteiger partial charge in [-0.1, -0.05) is 25.4 Å². The molecule has 0 bridgehead atoms. The lowest BCUT2D eigenvalue weighted by Gasteiger charge is -2.09. The number of hydrogen-bond acceptors (Lipinski definition) is 4. The Labute approximate surface area is 131 Å². The van der Waals surface area contributed by atoms with Crippen LogP contribution in [-0.4, -0.2) is 37.2 Å². The minimum absolute atomic E-state index is 0.170. The van der Waals surface area contributed by atoms with Crippen molar-refractivity contribution in [2.24, 2.45) is 5.92 Å². The molecule has 0 unspecified atom stereocenters. The van der Waals surface area contributed by atoms with Gasteiger partial charge in [0.2, 0.25) is 0 Å². The van der Waals surface area contributed by atoms with Crippen LogP contribution in [0.15, 0.2) is 12.3 Å². The average molecular weight is 314 g/mol. The van der Waals surface area contributed by atoms with Gasteiger partial charge in [-0.3, -0.25) is 4.79 Å². The highest BCUT2D eigenvalue weighted by Crippen LogP contribution is 2.19. The minimum atomic E-state index is -0.170. The van der Waals surface area contributed by atoms with E-state index in [-0.39, 0.29) is 5.91 Å². The molecule has 21 heavy (non-hydrogen) atoms. The second-order valence-electron chi connectivity index (χ2n) is 5.16. The molecule has 0 fully saturated rings. The Kier molecular flexibility index (Phi) is 8.08. The molecule has 0 aliphatic rings. The zero-order chi connectivity index (χ0) is 15.7. The molecule has 0 atom stereocenters. The van der Waals surface area contributed by atoms with Gasteiger partial charge in [0.1, 0.15) is 5.82 Å². The van der Waals surface area contributed by atoms with Crippen LogP contribution in [0.5, 0.6) is 0 Å². The average Bonchev–Trinajstić information content (AvgIpc) is 2.44. The highest BCUT2D eigenvalue weighted by Gasteiger charge is 2.09. The first-order valence-corrected chi connectivity index (χ1v) is 7.67. The van der Waals surface area contributed by atoms with E-state index in [1.165, 1.54) is 6.20 Å². The summed E-state index contributed by atoms with van der Waals surface area (Å²) in [6.45, 7) is 8.87. The van der Waals surface area contributed by atoms with Gasteiger partial charge in [0.05, 0.1) is 10.6 Å². The van der Waals surface area contributed by atoms with Gasteiger partial charge in [-0.2, -0.15) is 0 Å². The van der Waals surface area contributed by atoms with Crippen LogP contribution in [0.2, 0.25) is 5.02 Å². The summed E-state index contributed by atoms with van der Waals surface area (Å²) in [5, 5.41) is 6.30. The van der Waals surface area contributed by atoms with Gasteiger partial charge in [-0.15, -0.1) is 0 Å². The summed E-state index contributed by atoms with van der Waals surface area (Å²) in [5.41, 5.74) is 0.463. The van der Waals surface area contributed by atoms with E-state index in [0.29, 0.717) is 35.5 Å². The normalized spacial score (nSPS) is 10.7. The molecule has 0 aliphatic carbocycles. The van der Waals surface area contributed by atoms with Crippen molar-refractivity contribution < 1.29 is 9.53 Å². The number of rotatable bonds is 9. The van der Waals surface area contributed by atoms with Crippen molar-refractivity contribution in [3.05, 3.63) is 22.8 Å². The molecule has 2 N–H and O–H groups in total. The molecule has 6 heteroatoms. The Morgan fingerprint density at radius 1 is 1.48 bits per heavy atom. The maximum Gasteiger partial charge on any atom is 0.252 e. The molecule has 0 aliphatic heterocycles. The Hall–Kier alpha value is -1.33. The molecule has 0 saturated carbocycles. The smallest absolute Gasteiger partial charge is 0.252 e. The minimum Gasteiger partial charge on any atom is -0.381 e. The number of nitrogens with zero attached hydrogens (tertiary/aromatic N) is 1. The number of anilines is 1. The van der Waals surface area contributed by atoms with E-state index in [2.05, 4.69) is 29.5 Å². The van der Waals surface area contributed by atoms with E-state index < -0.39 is 0 Å². The van der Waals surface area contributed by atoms with E-state index in [1.54, 1.807) is 6.07 Å². The van der Waals surface area contributed by atoms with Crippen molar-refractivity contribution in [1.29, 1.82) is 0 Å². The van der Waals surface area contributed by atoms with Crippen LogP contribution in [0.4, 0.5) is 5.82 Å². The van der Waals surface area contributed by atoms with Crippen molar-refractivity contribution in [3.63, 3.8) is 0 Å². The quantitative estimate of drug-likeness (QED) is 0.688. The van der Waals surface area contributed by atoms with Gasteiger partial charge in [-0.05, 0) is 25.3 Å². The number of carbonyl (C=O) groups is 1. The first-order chi connectivity index (χ1) is 10.0. The number of hydrogen-bond donors (Lipinski definition) is 2. The van der Waals surface area contributed by atoms with E-state index in [0.717, 1.165) is 19.6 Å². The molecule has 0 radical (unpaired) electrons. The van der Waals surface area contributed by atoms with Crippen molar-refractivity contribution in [1.82, 2.24) is 10.3 Å². The second-order valence-corrected chi connectivity index (χ2v) is 5.57. The van der Waals surface area contributed by atoms with Crippen molar-refractivity contribution >= 4 is 23.3 Å². The van der Waals surface area contributed by atoms with Gasteiger partial charge in [0.15, 0.2) is 0 Å². The summed E-state index contributed by atoms with van der Waals surface area (Å²) in [6.07, 6.45) is 2.31. The summed E-state index contributed by atoms with van der Waals surface area (Å²) >= 11 is 6.06. The highest BCUT2D eigenvalue weighted by molar-refractivity contribution is 6.33. The molecule has 118 valence electrons. The fraction of sp³-hybridized carbons (Fsp3) is 0.600. The molecule has 1 heterocycles. The maximum absolute atomic E-state index is 11.9. The third kappa shape index (κ3) is 6.78. The molecule has 0 spiro atoms. The lowest BCUT2D eigenvalue weighted by Crippen LogP contribution is -2.25. The molecule has 0 aromatic carbocycles. The number of amides is 1. The number of halogens is 1. The third-order valence-corrected chi connectivity index (χ3v) is 2.94. The van der Waals surface area contributed by atoms with Crippen LogP contribution < -0.4 is 10.6 Å². The van der Waals surface area contributed by atoms with Crippen molar-refractivity contribution in [2.75, 3.05) is 31.6 Å². The van der Waals surface area contributed by atoms with E-state index in [4.69, 9.17) is 16.3 Å². The van der Waals surface area contributed by atoms with Crippen LogP contribution >= 0.6 is 11.6 Å². The highest BCUT2D eigenvalue weighted by atomic mass is 35.5. The summed E-state index contributed by atoms with van der Waals surface area (Å²) in [5.74, 6) is 0.956. The zero-order valence-corrected chi connectivity index (χ0v) is 13.7. The van der Waals surface area contributed by atoms with Gasteiger partial charge < -0.3 is 15.4 Å². The van der Waals surface area contributed by atoms with Crippen LogP contribution in [-0.2, 0) is 4.74 Å². The van der Waals surface area contributed by atoms with Gasteiger partial charge >= 0.3 is 0 Å². The molecule has 1 aromatic rings. The summed E-state index contributed by atoms with van der Waals surface area (Å²) in [6, 6.07) is 1.62. The predicted octanol–water partition coefficient (Wildman–Crippen LogP) is 2.96. The molecular weight excluding hydrogens is 290 g/mol. The Morgan fingerprint density at radius 3 is 2.86 bits per heavy atom. The lowest BCUT2D eigenvalue weighted by molar-refractivity contribution is 0.0924. The Bertz CT molecular complexity index is 453. The maximum atomic E-state index is 11.9. The monoisotopic (exact) mass is 313 g/mol. The SMILES string of the molecule is CCNc1ncc(C(=O)NCCCOCC(C)C)cc1Cl. The number of carbonyl (C=O) groups excluding carboxylic acids is 1.